The molecule has 0 aliphatic heterocycles. The van der Waals surface area contributed by atoms with Gasteiger partial charge in [-0.1, -0.05) is 42.5 Å². The Hall–Kier alpha value is -3.07. The standard InChI is InChI=1S/C23H21NO2/c1-14-15(2)24(3)22-20-7-5-4-6-18(20)13-19(21(14)22)12-16-8-10-17(11-9-16)23(25)26/h4-11,13H,12H2,1-3H3,(H,25,26). The molecule has 0 radical (unpaired) electrons. The summed E-state index contributed by atoms with van der Waals surface area (Å²) in [6.45, 7) is 4.35. The van der Waals surface area contributed by atoms with E-state index >= 15 is 0 Å². The van der Waals surface area contributed by atoms with E-state index in [1.807, 2.05) is 12.1 Å². The van der Waals surface area contributed by atoms with Crippen LogP contribution in [0.5, 0.6) is 0 Å². The number of aryl methyl sites for hydroxylation is 2. The van der Waals surface area contributed by atoms with Gasteiger partial charge in [0.1, 0.15) is 0 Å². The monoisotopic (exact) mass is 343 g/mol. The van der Waals surface area contributed by atoms with Crippen molar-refractivity contribution in [2.75, 3.05) is 0 Å². The molecule has 0 spiro atoms. The first-order chi connectivity index (χ1) is 12.5. The van der Waals surface area contributed by atoms with Crippen LogP contribution in [-0.2, 0) is 13.5 Å². The van der Waals surface area contributed by atoms with Crippen molar-refractivity contribution in [2.45, 2.75) is 20.3 Å². The Balaban J connectivity index is 1.93. The first kappa shape index (κ1) is 16.4. The lowest BCUT2D eigenvalue weighted by atomic mass is 9.95. The van der Waals surface area contributed by atoms with Crippen molar-refractivity contribution in [3.05, 3.63) is 82.5 Å². The molecule has 3 nitrogen and oxygen atoms in total. The third kappa shape index (κ3) is 2.48. The Labute approximate surface area is 152 Å². The van der Waals surface area contributed by atoms with Crippen molar-refractivity contribution < 1.29 is 9.90 Å². The van der Waals surface area contributed by atoms with Gasteiger partial charge in [-0.3, -0.25) is 0 Å². The summed E-state index contributed by atoms with van der Waals surface area (Å²) >= 11 is 0. The Kier molecular flexibility index (Phi) is 3.80. The fourth-order valence-electron chi connectivity index (χ4n) is 3.88. The molecule has 0 saturated carbocycles. The van der Waals surface area contributed by atoms with Gasteiger partial charge in [0.2, 0.25) is 0 Å². The fraction of sp³-hybridized carbons (Fsp3) is 0.174. The number of fused-ring (bicyclic) bond motifs is 3. The van der Waals surface area contributed by atoms with Crippen LogP contribution in [0.2, 0.25) is 0 Å². The summed E-state index contributed by atoms with van der Waals surface area (Å²) in [6, 6.07) is 18.0. The average Bonchev–Trinajstić information content (AvgIpc) is 2.87. The molecule has 0 aliphatic rings. The van der Waals surface area contributed by atoms with Gasteiger partial charge in [-0.25, -0.2) is 4.79 Å². The molecule has 3 aromatic carbocycles. The summed E-state index contributed by atoms with van der Waals surface area (Å²) in [5, 5.41) is 12.9. The second-order valence-corrected chi connectivity index (χ2v) is 6.93. The molecule has 1 N–H and O–H groups in total. The van der Waals surface area contributed by atoms with E-state index in [9.17, 15) is 4.79 Å². The minimum Gasteiger partial charge on any atom is -0.478 e. The minimum absolute atomic E-state index is 0.323. The van der Waals surface area contributed by atoms with Crippen molar-refractivity contribution in [1.29, 1.82) is 0 Å². The number of nitrogens with zero attached hydrogens (tertiary/aromatic N) is 1. The van der Waals surface area contributed by atoms with Crippen LogP contribution < -0.4 is 0 Å². The van der Waals surface area contributed by atoms with E-state index in [2.05, 4.69) is 55.8 Å². The number of rotatable bonds is 3. The van der Waals surface area contributed by atoms with Crippen LogP contribution in [0.4, 0.5) is 0 Å². The van der Waals surface area contributed by atoms with Crippen LogP contribution >= 0.6 is 0 Å². The zero-order valence-corrected chi connectivity index (χ0v) is 15.2. The van der Waals surface area contributed by atoms with E-state index in [1.165, 1.54) is 38.5 Å². The SMILES string of the molecule is Cc1c(C)n(C)c2c1c(Cc1ccc(C(=O)O)cc1)cc1ccccc12. The highest BCUT2D eigenvalue weighted by molar-refractivity contribution is 6.09. The molecule has 0 aliphatic carbocycles. The van der Waals surface area contributed by atoms with E-state index < -0.39 is 5.97 Å². The predicted molar refractivity (Wildman–Crippen MR) is 106 cm³/mol. The first-order valence-electron chi connectivity index (χ1n) is 8.76. The molecule has 4 rings (SSSR count). The largest absolute Gasteiger partial charge is 0.478 e. The number of carboxylic acids is 1. The third-order valence-electron chi connectivity index (χ3n) is 5.46. The number of aromatic nitrogens is 1. The quantitative estimate of drug-likeness (QED) is 0.553. The number of hydrogen-bond acceptors (Lipinski definition) is 1. The molecule has 130 valence electrons. The zero-order chi connectivity index (χ0) is 18.4. The summed E-state index contributed by atoms with van der Waals surface area (Å²) in [4.78, 5) is 11.1. The lowest BCUT2D eigenvalue weighted by molar-refractivity contribution is 0.0697. The summed E-state index contributed by atoms with van der Waals surface area (Å²) in [5.74, 6) is -0.890. The first-order valence-corrected chi connectivity index (χ1v) is 8.76. The van der Waals surface area contributed by atoms with Crippen molar-refractivity contribution in [1.82, 2.24) is 4.57 Å². The lowest BCUT2D eigenvalue weighted by Crippen LogP contribution is -1.97. The van der Waals surface area contributed by atoms with Gasteiger partial charge < -0.3 is 9.67 Å². The summed E-state index contributed by atoms with van der Waals surface area (Å²) in [7, 11) is 2.13. The number of carbonyl (C=O) groups is 1. The Morgan fingerprint density at radius 2 is 1.73 bits per heavy atom. The molecule has 0 bridgehead atoms. The van der Waals surface area contributed by atoms with Gasteiger partial charge in [-0.2, -0.15) is 0 Å². The maximum Gasteiger partial charge on any atom is 0.335 e. The third-order valence-corrected chi connectivity index (χ3v) is 5.46. The number of hydrogen-bond donors (Lipinski definition) is 1. The number of benzene rings is 3. The van der Waals surface area contributed by atoms with Gasteiger partial charge in [0, 0.05) is 23.5 Å². The van der Waals surface area contributed by atoms with E-state index in [4.69, 9.17) is 5.11 Å². The van der Waals surface area contributed by atoms with Crippen molar-refractivity contribution in [2.24, 2.45) is 7.05 Å². The molecule has 0 amide bonds. The molecule has 1 heterocycles. The molecule has 3 heteroatoms. The van der Waals surface area contributed by atoms with E-state index in [-0.39, 0.29) is 0 Å². The molecule has 26 heavy (non-hydrogen) atoms. The molecular weight excluding hydrogens is 322 g/mol. The van der Waals surface area contributed by atoms with Gasteiger partial charge >= 0.3 is 5.97 Å². The molecule has 0 saturated heterocycles. The predicted octanol–water partition coefficient (Wildman–Crippen LogP) is 5.24. The molecule has 0 unspecified atom stereocenters. The van der Waals surface area contributed by atoms with Crippen LogP contribution in [0.25, 0.3) is 21.7 Å². The van der Waals surface area contributed by atoms with Crippen LogP contribution in [0.3, 0.4) is 0 Å². The highest BCUT2D eigenvalue weighted by Gasteiger charge is 2.16. The average molecular weight is 343 g/mol. The summed E-state index contributed by atoms with van der Waals surface area (Å²) in [5.41, 5.74) is 6.58. The van der Waals surface area contributed by atoms with E-state index in [1.54, 1.807) is 12.1 Å². The number of aromatic carboxylic acids is 1. The zero-order valence-electron chi connectivity index (χ0n) is 15.2. The van der Waals surface area contributed by atoms with Gasteiger partial charge in [-0.05, 0) is 54.5 Å². The van der Waals surface area contributed by atoms with Gasteiger partial charge in [0.05, 0.1) is 11.1 Å². The second-order valence-electron chi connectivity index (χ2n) is 6.93. The van der Waals surface area contributed by atoms with Gasteiger partial charge in [-0.15, -0.1) is 0 Å². The Bertz CT molecular complexity index is 1150. The summed E-state index contributed by atoms with van der Waals surface area (Å²) in [6.07, 6.45) is 0.783. The molecule has 4 aromatic rings. The second kappa shape index (κ2) is 6.03. The smallest absolute Gasteiger partial charge is 0.335 e. The minimum atomic E-state index is -0.890. The number of carboxylic acid groups (broad SMARTS) is 1. The van der Waals surface area contributed by atoms with Crippen molar-refractivity contribution in [3.8, 4) is 0 Å². The van der Waals surface area contributed by atoms with Gasteiger partial charge in [0.25, 0.3) is 0 Å². The fourth-order valence-corrected chi connectivity index (χ4v) is 3.88. The highest BCUT2D eigenvalue weighted by Crippen LogP contribution is 2.35. The molecular formula is C23H21NO2. The topological polar surface area (TPSA) is 42.2 Å². The summed E-state index contributed by atoms with van der Waals surface area (Å²) < 4.78 is 2.28. The molecule has 0 fully saturated rings. The van der Waals surface area contributed by atoms with Crippen LogP contribution in [0.1, 0.15) is 32.7 Å². The maximum atomic E-state index is 11.1. The van der Waals surface area contributed by atoms with E-state index in [0.29, 0.717) is 5.56 Å². The van der Waals surface area contributed by atoms with Gasteiger partial charge in [0.15, 0.2) is 0 Å². The maximum absolute atomic E-state index is 11.1. The molecule has 1 aromatic heterocycles. The van der Waals surface area contributed by atoms with Crippen molar-refractivity contribution >= 4 is 27.6 Å². The lowest BCUT2D eigenvalue weighted by Gasteiger charge is -2.10. The van der Waals surface area contributed by atoms with Crippen LogP contribution in [0, 0.1) is 13.8 Å². The van der Waals surface area contributed by atoms with Crippen LogP contribution in [0.15, 0.2) is 54.6 Å². The van der Waals surface area contributed by atoms with Crippen LogP contribution in [-0.4, -0.2) is 15.6 Å². The van der Waals surface area contributed by atoms with E-state index in [0.717, 1.165) is 12.0 Å². The molecule has 0 atom stereocenters. The normalized spacial score (nSPS) is 11.3. The Morgan fingerprint density at radius 3 is 2.42 bits per heavy atom. The Morgan fingerprint density at radius 1 is 1.04 bits per heavy atom. The van der Waals surface area contributed by atoms with Crippen molar-refractivity contribution in [3.63, 3.8) is 0 Å². The highest BCUT2D eigenvalue weighted by atomic mass is 16.4.